The highest BCUT2D eigenvalue weighted by Crippen LogP contribution is 2.35. The molecule has 72 valence electrons. The summed E-state index contributed by atoms with van der Waals surface area (Å²) < 4.78 is 5.54. The van der Waals surface area contributed by atoms with Crippen molar-refractivity contribution in [1.29, 1.82) is 0 Å². The fourth-order valence-electron chi connectivity index (χ4n) is 2.25. The van der Waals surface area contributed by atoms with Crippen LogP contribution < -0.4 is 5.73 Å². The number of ether oxygens (including phenoxy) is 1. The lowest BCUT2D eigenvalue weighted by Gasteiger charge is -2.38. The van der Waals surface area contributed by atoms with Crippen molar-refractivity contribution in [1.82, 2.24) is 0 Å². The normalized spacial score (nSPS) is 36.8. The molecule has 0 aromatic rings. The fourth-order valence-corrected chi connectivity index (χ4v) is 2.25. The third-order valence-corrected chi connectivity index (χ3v) is 3.29. The molecule has 0 amide bonds. The minimum atomic E-state index is 0.0128. The van der Waals surface area contributed by atoms with Gasteiger partial charge < -0.3 is 10.5 Å². The van der Waals surface area contributed by atoms with E-state index in [1.54, 1.807) is 7.11 Å². The summed E-state index contributed by atoms with van der Waals surface area (Å²) in [6.45, 7) is 2.94. The highest BCUT2D eigenvalue weighted by atomic mass is 16.5. The van der Waals surface area contributed by atoms with E-state index in [2.05, 4.69) is 6.92 Å². The van der Waals surface area contributed by atoms with Crippen molar-refractivity contribution in [2.45, 2.75) is 44.6 Å². The van der Waals surface area contributed by atoms with Crippen LogP contribution in [0, 0.1) is 5.92 Å². The largest absolute Gasteiger partial charge is 0.377 e. The van der Waals surface area contributed by atoms with Crippen LogP contribution in [0.3, 0.4) is 0 Å². The average Bonchev–Trinajstić information content (AvgIpc) is 2.18. The lowest BCUT2D eigenvalue weighted by atomic mass is 9.77. The number of hydrogen-bond donors (Lipinski definition) is 1. The fraction of sp³-hybridized carbons (Fsp3) is 1.00. The first kappa shape index (κ1) is 10.0. The summed E-state index contributed by atoms with van der Waals surface area (Å²) >= 11 is 0. The zero-order valence-corrected chi connectivity index (χ0v) is 8.31. The number of rotatable bonds is 3. The second kappa shape index (κ2) is 4.24. The Bertz CT molecular complexity index is 132. The maximum atomic E-state index is 5.74. The summed E-state index contributed by atoms with van der Waals surface area (Å²) in [5, 5.41) is 0. The molecule has 0 saturated heterocycles. The number of methoxy groups -OCH3 is 1. The minimum Gasteiger partial charge on any atom is -0.377 e. The van der Waals surface area contributed by atoms with Crippen molar-refractivity contribution in [3.05, 3.63) is 0 Å². The van der Waals surface area contributed by atoms with Gasteiger partial charge >= 0.3 is 0 Å². The maximum Gasteiger partial charge on any atom is 0.0803 e. The molecule has 2 unspecified atom stereocenters. The lowest BCUT2D eigenvalue weighted by Crippen LogP contribution is -2.44. The van der Waals surface area contributed by atoms with Crippen LogP contribution in [-0.4, -0.2) is 19.3 Å². The molecule has 0 aromatic carbocycles. The summed E-state index contributed by atoms with van der Waals surface area (Å²) in [5.41, 5.74) is 5.75. The monoisotopic (exact) mass is 171 g/mol. The van der Waals surface area contributed by atoms with Crippen LogP contribution in [0.25, 0.3) is 0 Å². The molecule has 2 heteroatoms. The Morgan fingerprint density at radius 1 is 1.58 bits per heavy atom. The second-order valence-electron chi connectivity index (χ2n) is 3.96. The van der Waals surface area contributed by atoms with Gasteiger partial charge in [0, 0.05) is 13.7 Å². The van der Waals surface area contributed by atoms with Crippen molar-refractivity contribution in [2.24, 2.45) is 11.7 Å². The Hall–Kier alpha value is -0.0800. The molecule has 0 aromatic heterocycles. The van der Waals surface area contributed by atoms with Gasteiger partial charge in [0.1, 0.15) is 0 Å². The first-order chi connectivity index (χ1) is 5.76. The van der Waals surface area contributed by atoms with Crippen LogP contribution in [0.2, 0.25) is 0 Å². The van der Waals surface area contributed by atoms with Crippen molar-refractivity contribution in [2.75, 3.05) is 13.7 Å². The predicted molar refractivity (Wildman–Crippen MR) is 51.0 cm³/mol. The van der Waals surface area contributed by atoms with Crippen LogP contribution in [0.1, 0.15) is 39.0 Å². The number of nitrogens with two attached hydrogens (primary N) is 1. The van der Waals surface area contributed by atoms with Gasteiger partial charge in [0.2, 0.25) is 0 Å². The van der Waals surface area contributed by atoms with E-state index in [4.69, 9.17) is 10.5 Å². The first-order valence-electron chi connectivity index (χ1n) is 5.01. The zero-order valence-electron chi connectivity index (χ0n) is 8.31. The van der Waals surface area contributed by atoms with E-state index in [0.29, 0.717) is 6.54 Å². The summed E-state index contributed by atoms with van der Waals surface area (Å²) in [6.07, 6.45) is 6.23. The van der Waals surface area contributed by atoms with E-state index in [-0.39, 0.29) is 5.60 Å². The predicted octanol–water partition coefficient (Wildman–Crippen LogP) is 1.93. The van der Waals surface area contributed by atoms with Gasteiger partial charge in [-0.05, 0) is 18.8 Å². The Balaban J connectivity index is 2.52. The van der Waals surface area contributed by atoms with Crippen LogP contribution in [0.4, 0.5) is 0 Å². The van der Waals surface area contributed by atoms with Gasteiger partial charge in [-0.2, -0.15) is 0 Å². The van der Waals surface area contributed by atoms with E-state index in [0.717, 1.165) is 18.8 Å². The van der Waals surface area contributed by atoms with Crippen LogP contribution >= 0.6 is 0 Å². The van der Waals surface area contributed by atoms with E-state index < -0.39 is 0 Å². The van der Waals surface area contributed by atoms with Gasteiger partial charge in [0.05, 0.1) is 5.60 Å². The van der Waals surface area contributed by atoms with Crippen molar-refractivity contribution < 1.29 is 4.74 Å². The summed E-state index contributed by atoms with van der Waals surface area (Å²) in [6, 6.07) is 0. The van der Waals surface area contributed by atoms with Gasteiger partial charge in [0.25, 0.3) is 0 Å². The average molecular weight is 171 g/mol. The maximum absolute atomic E-state index is 5.74. The highest BCUT2D eigenvalue weighted by molar-refractivity contribution is 4.88. The molecule has 0 bridgehead atoms. The van der Waals surface area contributed by atoms with E-state index in [9.17, 15) is 0 Å². The molecule has 2 nitrogen and oxygen atoms in total. The molecule has 1 saturated carbocycles. The van der Waals surface area contributed by atoms with Crippen LogP contribution in [0.15, 0.2) is 0 Å². The van der Waals surface area contributed by atoms with Crippen molar-refractivity contribution >= 4 is 0 Å². The van der Waals surface area contributed by atoms with Crippen LogP contribution in [-0.2, 0) is 4.74 Å². The molecular weight excluding hydrogens is 150 g/mol. The lowest BCUT2D eigenvalue weighted by molar-refractivity contribution is -0.0475. The highest BCUT2D eigenvalue weighted by Gasteiger charge is 2.34. The first-order valence-corrected chi connectivity index (χ1v) is 5.01. The number of hydrogen-bond acceptors (Lipinski definition) is 2. The molecule has 1 aliphatic carbocycles. The van der Waals surface area contributed by atoms with Gasteiger partial charge in [-0.25, -0.2) is 0 Å². The Kier molecular flexibility index (Phi) is 3.53. The van der Waals surface area contributed by atoms with E-state index >= 15 is 0 Å². The van der Waals surface area contributed by atoms with Crippen LogP contribution in [0.5, 0.6) is 0 Å². The molecule has 12 heavy (non-hydrogen) atoms. The van der Waals surface area contributed by atoms with Crippen molar-refractivity contribution in [3.63, 3.8) is 0 Å². The molecule has 1 rings (SSSR count). The SMILES string of the molecule is CCC1CCCC(CN)(OC)C1. The molecule has 0 radical (unpaired) electrons. The Morgan fingerprint density at radius 2 is 2.33 bits per heavy atom. The third-order valence-electron chi connectivity index (χ3n) is 3.29. The third kappa shape index (κ3) is 1.99. The quantitative estimate of drug-likeness (QED) is 0.704. The van der Waals surface area contributed by atoms with E-state index in [1.165, 1.54) is 19.3 Å². The molecule has 2 N–H and O–H groups in total. The molecule has 0 heterocycles. The van der Waals surface area contributed by atoms with Gasteiger partial charge in [-0.1, -0.05) is 26.2 Å². The Morgan fingerprint density at radius 3 is 2.83 bits per heavy atom. The molecule has 1 aliphatic rings. The van der Waals surface area contributed by atoms with Gasteiger partial charge in [0.15, 0.2) is 0 Å². The molecule has 1 fully saturated rings. The standard InChI is InChI=1S/C10H21NO/c1-3-9-5-4-6-10(7-9,8-11)12-2/h9H,3-8,11H2,1-2H3. The van der Waals surface area contributed by atoms with Gasteiger partial charge in [-0.3, -0.25) is 0 Å². The smallest absolute Gasteiger partial charge is 0.0803 e. The summed E-state index contributed by atoms with van der Waals surface area (Å²) in [7, 11) is 1.80. The Labute approximate surface area is 75.5 Å². The summed E-state index contributed by atoms with van der Waals surface area (Å²) in [5.74, 6) is 0.835. The zero-order chi connectivity index (χ0) is 9.03. The molecular formula is C10H21NO. The molecule has 0 spiro atoms. The topological polar surface area (TPSA) is 35.2 Å². The molecule has 0 aliphatic heterocycles. The van der Waals surface area contributed by atoms with E-state index in [1.807, 2.05) is 0 Å². The van der Waals surface area contributed by atoms with Gasteiger partial charge in [-0.15, -0.1) is 0 Å². The van der Waals surface area contributed by atoms with Crippen molar-refractivity contribution in [3.8, 4) is 0 Å². The molecule has 2 atom stereocenters. The minimum absolute atomic E-state index is 0.0128. The second-order valence-corrected chi connectivity index (χ2v) is 3.96. The summed E-state index contributed by atoms with van der Waals surface area (Å²) in [4.78, 5) is 0.